The number of methoxy groups -OCH3 is 1. The third-order valence-corrected chi connectivity index (χ3v) is 3.64. The zero-order valence-corrected chi connectivity index (χ0v) is 13.5. The molecular weight excluding hydrogens is 320 g/mol. The molecule has 1 atom stereocenters. The molecule has 126 valence electrons. The summed E-state index contributed by atoms with van der Waals surface area (Å²) in [4.78, 5) is 16.3. The van der Waals surface area contributed by atoms with E-state index in [1.54, 1.807) is 55.1 Å². The van der Waals surface area contributed by atoms with Crippen LogP contribution in [0.15, 0.2) is 59.5 Å². The third kappa shape index (κ3) is 3.70. The molecule has 1 N–H and O–H groups in total. The van der Waals surface area contributed by atoms with Crippen molar-refractivity contribution in [2.24, 2.45) is 0 Å². The van der Waals surface area contributed by atoms with Crippen LogP contribution in [0.1, 0.15) is 27.9 Å². The molecule has 0 saturated heterocycles. The molecule has 0 fully saturated rings. The van der Waals surface area contributed by atoms with Crippen molar-refractivity contribution in [1.29, 1.82) is 5.26 Å². The molecule has 3 rings (SSSR count). The molecular formula is C18H16N4O3. The Bertz CT molecular complexity index is 893. The van der Waals surface area contributed by atoms with Crippen molar-refractivity contribution < 1.29 is 13.9 Å². The van der Waals surface area contributed by atoms with Crippen LogP contribution in [0.5, 0.6) is 5.75 Å². The van der Waals surface area contributed by atoms with Crippen LogP contribution < -0.4 is 10.1 Å². The number of hydrogen-bond donors (Lipinski definition) is 1. The summed E-state index contributed by atoms with van der Waals surface area (Å²) in [7, 11) is 1.52. The van der Waals surface area contributed by atoms with Gasteiger partial charge in [-0.15, -0.1) is 0 Å². The number of imidazole rings is 1. The fourth-order valence-electron chi connectivity index (χ4n) is 2.43. The molecule has 3 aromatic rings. The maximum Gasteiger partial charge on any atom is 0.288 e. The van der Waals surface area contributed by atoms with Crippen molar-refractivity contribution in [2.75, 3.05) is 7.11 Å². The van der Waals surface area contributed by atoms with Crippen LogP contribution in [0, 0.1) is 11.3 Å². The van der Waals surface area contributed by atoms with E-state index in [2.05, 4.69) is 16.4 Å². The summed E-state index contributed by atoms with van der Waals surface area (Å²) < 4.78 is 12.6. The molecule has 0 radical (unpaired) electrons. The Morgan fingerprint density at radius 3 is 2.96 bits per heavy atom. The van der Waals surface area contributed by atoms with Crippen molar-refractivity contribution in [2.45, 2.75) is 12.6 Å². The van der Waals surface area contributed by atoms with Crippen LogP contribution in [0.2, 0.25) is 0 Å². The van der Waals surface area contributed by atoms with Gasteiger partial charge in [0, 0.05) is 18.0 Å². The largest absolute Gasteiger partial charge is 0.496 e. The summed E-state index contributed by atoms with van der Waals surface area (Å²) >= 11 is 0. The highest BCUT2D eigenvalue weighted by Gasteiger charge is 2.20. The molecule has 25 heavy (non-hydrogen) atoms. The lowest BCUT2D eigenvalue weighted by Gasteiger charge is -2.14. The number of carbonyl (C=O) groups excluding carboxylic acids is 1. The van der Waals surface area contributed by atoms with Crippen LogP contribution in [0.4, 0.5) is 0 Å². The Labute approximate surface area is 144 Å². The zero-order chi connectivity index (χ0) is 17.6. The minimum absolute atomic E-state index is 0.144. The number of carbonyl (C=O) groups is 1. The summed E-state index contributed by atoms with van der Waals surface area (Å²) in [5, 5.41) is 12.1. The Balaban J connectivity index is 1.72. The van der Waals surface area contributed by atoms with Crippen molar-refractivity contribution >= 4 is 5.91 Å². The summed E-state index contributed by atoms with van der Waals surface area (Å²) in [5.74, 6) is 0.836. The Morgan fingerprint density at radius 2 is 2.24 bits per heavy atom. The Kier molecular flexibility index (Phi) is 4.81. The van der Waals surface area contributed by atoms with Crippen LogP contribution in [-0.4, -0.2) is 22.6 Å². The number of hydrogen-bond acceptors (Lipinski definition) is 5. The quantitative estimate of drug-likeness (QED) is 0.746. The Hall–Kier alpha value is -3.53. The average molecular weight is 336 g/mol. The van der Waals surface area contributed by atoms with E-state index in [0.29, 0.717) is 23.6 Å². The molecule has 7 nitrogen and oxygen atoms in total. The first-order valence-electron chi connectivity index (χ1n) is 7.59. The lowest BCUT2D eigenvalue weighted by molar-refractivity contribution is 0.0915. The fraction of sp³-hybridized carbons (Fsp3) is 0.167. The van der Waals surface area contributed by atoms with E-state index in [9.17, 15) is 10.1 Å². The number of amides is 1. The van der Waals surface area contributed by atoms with Crippen molar-refractivity contribution in [3.8, 4) is 11.8 Å². The van der Waals surface area contributed by atoms with Gasteiger partial charge in [-0.3, -0.25) is 4.79 Å². The minimum Gasteiger partial charge on any atom is -0.496 e. The number of nitrogens with one attached hydrogen (secondary N) is 1. The number of nitriles is 1. The van der Waals surface area contributed by atoms with Gasteiger partial charge in [-0.1, -0.05) is 18.2 Å². The molecule has 1 unspecified atom stereocenters. The van der Waals surface area contributed by atoms with Gasteiger partial charge in [0.2, 0.25) is 0 Å². The maximum absolute atomic E-state index is 12.4. The number of para-hydroxylation sites is 1. The van der Waals surface area contributed by atoms with Crippen LogP contribution >= 0.6 is 0 Å². The number of rotatable bonds is 6. The van der Waals surface area contributed by atoms with Crippen LogP contribution in [0.3, 0.4) is 0 Å². The summed E-state index contributed by atoms with van der Waals surface area (Å²) in [6.07, 6.45) is 5.13. The standard InChI is InChI=1S/C18H16N4O3/c1-24-16-5-3-2-4-14(16)15(10-19)21-18(23)17-7-6-13(25-17)11-22-9-8-20-12-22/h2-9,12,15H,11H2,1H3,(H,21,23). The predicted octanol–water partition coefficient (Wildman–Crippen LogP) is 2.53. The summed E-state index contributed by atoms with van der Waals surface area (Å²) in [5.41, 5.74) is 0.589. The topological polar surface area (TPSA) is 93.1 Å². The van der Waals surface area contributed by atoms with Gasteiger partial charge in [0.1, 0.15) is 17.6 Å². The molecule has 0 aliphatic rings. The van der Waals surface area contributed by atoms with Gasteiger partial charge >= 0.3 is 0 Å². The molecule has 0 saturated carbocycles. The van der Waals surface area contributed by atoms with Gasteiger partial charge in [0.25, 0.3) is 5.91 Å². The molecule has 1 amide bonds. The van der Waals surface area contributed by atoms with E-state index in [-0.39, 0.29) is 5.76 Å². The number of nitrogens with zero attached hydrogens (tertiary/aromatic N) is 3. The van der Waals surface area contributed by atoms with E-state index in [1.165, 1.54) is 7.11 Å². The van der Waals surface area contributed by atoms with Gasteiger partial charge in [0.15, 0.2) is 5.76 Å². The monoisotopic (exact) mass is 336 g/mol. The smallest absolute Gasteiger partial charge is 0.288 e. The second kappa shape index (κ2) is 7.36. The number of ether oxygens (including phenoxy) is 1. The highest BCUT2D eigenvalue weighted by Crippen LogP contribution is 2.24. The third-order valence-electron chi connectivity index (χ3n) is 3.64. The van der Waals surface area contributed by atoms with Gasteiger partial charge in [0.05, 0.1) is 26.1 Å². The molecule has 1 aromatic carbocycles. The highest BCUT2D eigenvalue weighted by atomic mass is 16.5. The first-order valence-corrected chi connectivity index (χ1v) is 7.59. The van der Waals surface area contributed by atoms with Crippen molar-refractivity contribution in [1.82, 2.24) is 14.9 Å². The van der Waals surface area contributed by atoms with Gasteiger partial charge in [-0.25, -0.2) is 4.98 Å². The second-order valence-electron chi connectivity index (χ2n) is 5.28. The predicted molar refractivity (Wildman–Crippen MR) is 88.9 cm³/mol. The van der Waals surface area contributed by atoms with Crippen LogP contribution in [0.25, 0.3) is 0 Å². The number of benzene rings is 1. The normalized spacial score (nSPS) is 11.5. The molecule has 0 aliphatic heterocycles. The molecule has 0 bridgehead atoms. The van der Waals surface area contributed by atoms with Crippen molar-refractivity contribution in [3.05, 3.63) is 72.2 Å². The molecule has 2 aromatic heterocycles. The Morgan fingerprint density at radius 1 is 1.40 bits per heavy atom. The van der Waals surface area contributed by atoms with E-state index < -0.39 is 11.9 Å². The van der Waals surface area contributed by atoms with Crippen molar-refractivity contribution in [3.63, 3.8) is 0 Å². The first kappa shape index (κ1) is 16.3. The van der Waals surface area contributed by atoms with Gasteiger partial charge in [-0.2, -0.15) is 5.26 Å². The molecule has 0 aliphatic carbocycles. The molecule has 2 heterocycles. The van der Waals surface area contributed by atoms with Gasteiger partial charge in [-0.05, 0) is 18.2 Å². The lowest BCUT2D eigenvalue weighted by Crippen LogP contribution is -2.27. The summed E-state index contributed by atoms with van der Waals surface area (Å²) in [6.45, 7) is 0.474. The average Bonchev–Trinajstić information content (AvgIpc) is 3.32. The minimum atomic E-state index is -0.842. The van der Waals surface area contributed by atoms with E-state index in [0.717, 1.165) is 0 Å². The molecule has 7 heteroatoms. The highest BCUT2D eigenvalue weighted by molar-refractivity contribution is 5.92. The second-order valence-corrected chi connectivity index (χ2v) is 5.28. The van der Waals surface area contributed by atoms with Gasteiger partial charge < -0.3 is 19.0 Å². The molecule has 0 spiro atoms. The lowest BCUT2D eigenvalue weighted by atomic mass is 10.1. The number of aromatic nitrogens is 2. The van der Waals surface area contributed by atoms with E-state index in [4.69, 9.17) is 9.15 Å². The zero-order valence-electron chi connectivity index (χ0n) is 13.5. The summed E-state index contributed by atoms with van der Waals surface area (Å²) in [6, 6.07) is 11.6. The maximum atomic E-state index is 12.4. The van der Waals surface area contributed by atoms with Crippen LogP contribution in [-0.2, 0) is 6.54 Å². The fourth-order valence-corrected chi connectivity index (χ4v) is 2.43. The van der Waals surface area contributed by atoms with E-state index in [1.807, 2.05) is 4.57 Å². The SMILES string of the molecule is COc1ccccc1C(C#N)NC(=O)c1ccc(Cn2ccnc2)o1. The first-order chi connectivity index (χ1) is 12.2. The number of furan rings is 1. The van der Waals surface area contributed by atoms with E-state index >= 15 is 0 Å².